The van der Waals surface area contributed by atoms with E-state index in [1.165, 1.54) is 0 Å². The Balaban J connectivity index is 2.49. The smallest absolute Gasteiger partial charge is 0.126 e. The zero-order chi connectivity index (χ0) is 11.7. The molecular weight excluding hydrogens is 268 g/mol. The Hall–Kier alpha value is -1.62. The number of aromatic nitrogens is 2. The van der Waals surface area contributed by atoms with Gasteiger partial charge >= 0.3 is 0 Å². The van der Waals surface area contributed by atoms with Crippen molar-refractivity contribution in [3.8, 4) is 5.69 Å². The maximum Gasteiger partial charge on any atom is 0.126 e. The minimum Gasteiger partial charge on any atom is -0.384 e. The molecule has 0 saturated heterocycles. The highest BCUT2D eigenvalue weighted by Crippen LogP contribution is 2.16. The predicted molar refractivity (Wildman–Crippen MR) is 67.0 cm³/mol. The summed E-state index contributed by atoms with van der Waals surface area (Å²) in [5.74, 6) is 0.0425. The van der Waals surface area contributed by atoms with Gasteiger partial charge in [0.25, 0.3) is 0 Å². The second-order valence-electron chi connectivity index (χ2n) is 3.45. The summed E-state index contributed by atoms with van der Waals surface area (Å²) in [6.07, 6.45) is 1.61. The van der Waals surface area contributed by atoms with Gasteiger partial charge in [-0.2, -0.15) is 5.10 Å². The summed E-state index contributed by atoms with van der Waals surface area (Å²) < 4.78 is 2.79. The van der Waals surface area contributed by atoms with E-state index in [0.29, 0.717) is 5.56 Å². The number of nitrogens with zero attached hydrogens (tertiary/aromatic N) is 2. The lowest BCUT2D eigenvalue weighted by Crippen LogP contribution is -2.12. The molecule has 16 heavy (non-hydrogen) atoms. The number of amidine groups is 1. The van der Waals surface area contributed by atoms with Crippen LogP contribution in [-0.2, 0) is 0 Å². The quantitative estimate of drug-likeness (QED) is 0.653. The summed E-state index contributed by atoms with van der Waals surface area (Å²) in [5, 5.41) is 11.6. The Kier molecular flexibility index (Phi) is 2.78. The number of hydrogen-bond acceptors (Lipinski definition) is 2. The first kappa shape index (κ1) is 10.9. The summed E-state index contributed by atoms with van der Waals surface area (Å²) >= 11 is 3.38. The normalized spacial score (nSPS) is 10.4. The van der Waals surface area contributed by atoms with E-state index in [1.54, 1.807) is 10.9 Å². The molecule has 0 unspecified atom stereocenters. The minimum atomic E-state index is 0.0425. The zero-order valence-corrected chi connectivity index (χ0v) is 10.3. The Morgan fingerprint density at radius 1 is 1.38 bits per heavy atom. The predicted octanol–water partition coefficient (Wildman–Crippen LogP) is 2.23. The molecular formula is C11H11BrN4. The average Bonchev–Trinajstić information content (AvgIpc) is 2.61. The van der Waals surface area contributed by atoms with Crippen LogP contribution in [0.3, 0.4) is 0 Å². The second kappa shape index (κ2) is 4.09. The van der Waals surface area contributed by atoms with Crippen LogP contribution in [0.15, 0.2) is 34.9 Å². The van der Waals surface area contributed by atoms with Gasteiger partial charge in [0.05, 0.1) is 23.1 Å². The van der Waals surface area contributed by atoms with Crippen LogP contribution in [0.2, 0.25) is 0 Å². The highest BCUT2D eigenvalue weighted by molar-refractivity contribution is 9.10. The molecule has 0 aliphatic carbocycles. The van der Waals surface area contributed by atoms with E-state index in [2.05, 4.69) is 21.0 Å². The van der Waals surface area contributed by atoms with Crippen LogP contribution in [0.5, 0.6) is 0 Å². The monoisotopic (exact) mass is 278 g/mol. The van der Waals surface area contributed by atoms with Gasteiger partial charge in [0, 0.05) is 4.47 Å². The maximum absolute atomic E-state index is 7.40. The molecule has 1 heterocycles. The number of nitrogens with two attached hydrogens (primary N) is 1. The van der Waals surface area contributed by atoms with Crippen molar-refractivity contribution in [1.29, 1.82) is 5.41 Å². The van der Waals surface area contributed by atoms with Gasteiger partial charge in [0.15, 0.2) is 0 Å². The molecule has 2 rings (SSSR count). The lowest BCUT2D eigenvalue weighted by atomic mass is 10.2. The molecule has 5 heteroatoms. The molecule has 1 aromatic heterocycles. The van der Waals surface area contributed by atoms with Gasteiger partial charge in [-0.3, -0.25) is 5.41 Å². The summed E-state index contributed by atoms with van der Waals surface area (Å²) in [7, 11) is 0. The van der Waals surface area contributed by atoms with Crippen LogP contribution >= 0.6 is 15.9 Å². The maximum atomic E-state index is 7.40. The first-order valence-electron chi connectivity index (χ1n) is 4.74. The molecule has 0 aliphatic heterocycles. The Bertz CT molecular complexity index is 527. The third kappa shape index (κ3) is 1.86. The molecule has 0 saturated carbocycles. The summed E-state index contributed by atoms with van der Waals surface area (Å²) in [6, 6.07) is 7.80. The van der Waals surface area contributed by atoms with Crippen molar-refractivity contribution in [3.63, 3.8) is 0 Å². The van der Waals surface area contributed by atoms with Gasteiger partial charge < -0.3 is 5.73 Å². The molecule has 0 atom stereocenters. The van der Waals surface area contributed by atoms with Crippen molar-refractivity contribution in [2.75, 3.05) is 0 Å². The number of nitrogen functional groups attached to an aromatic ring is 1. The zero-order valence-electron chi connectivity index (χ0n) is 8.74. The van der Waals surface area contributed by atoms with E-state index in [4.69, 9.17) is 11.1 Å². The van der Waals surface area contributed by atoms with Crippen molar-refractivity contribution < 1.29 is 0 Å². The third-order valence-corrected chi connectivity index (χ3v) is 2.90. The van der Waals surface area contributed by atoms with Crippen molar-refractivity contribution in [2.45, 2.75) is 6.92 Å². The number of hydrogen-bond donors (Lipinski definition) is 2. The second-order valence-corrected chi connectivity index (χ2v) is 4.36. The minimum absolute atomic E-state index is 0.0425. The molecule has 0 fully saturated rings. The van der Waals surface area contributed by atoms with Crippen LogP contribution in [0.4, 0.5) is 0 Å². The first-order valence-corrected chi connectivity index (χ1v) is 5.54. The lowest BCUT2D eigenvalue weighted by Gasteiger charge is -2.05. The number of benzene rings is 1. The van der Waals surface area contributed by atoms with E-state index in [0.717, 1.165) is 15.9 Å². The lowest BCUT2D eigenvalue weighted by molar-refractivity contribution is 0.846. The van der Waals surface area contributed by atoms with Gasteiger partial charge in [0.1, 0.15) is 5.84 Å². The van der Waals surface area contributed by atoms with Crippen molar-refractivity contribution in [2.24, 2.45) is 5.73 Å². The third-order valence-electron chi connectivity index (χ3n) is 2.37. The van der Waals surface area contributed by atoms with E-state index in [9.17, 15) is 0 Å². The Labute approximate surface area is 102 Å². The highest BCUT2D eigenvalue weighted by Gasteiger charge is 2.09. The number of halogens is 1. The largest absolute Gasteiger partial charge is 0.384 e. The molecule has 1 aromatic carbocycles. The van der Waals surface area contributed by atoms with Gasteiger partial charge in [-0.1, -0.05) is 15.9 Å². The van der Waals surface area contributed by atoms with E-state index in [1.807, 2.05) is 31.2 Å². The fraction of sp³-hybridized carbons (Fsp3) is 0.0909. The fourth-order valence-corrected chi connectivity index (χ4v) is 1.78. The first-order chi connectivity index (χ1) is 7.59. The number of rotatable bonds is 2. The summed E-state index contributed by atoms with van der Waals surface area (Å²) in [6.45, 7) is 1.89. The van der Waals surface area contributed by atoms with Gasteiger partial charge in [-0.25, -0.2) is 4.68 Å². The van der Waals surface area contributed by atoms with E-state index in [-0.39, 0.29) is 5.84 Å². The molecule has 2 aromatic rings. The van der Waals surface area contributed by atoms with Gasteiger partial charge in [0.2, 0.25) is 0 Å². The molecule has 0 amide bonds. The van der Waals surface area contributed by atoms with E-state index < -0.39 is 0 Å². The van der Waals surface area contributed by atoms with Gasteiger partial charge in [-0.05, 0) is 31.2 Å². The SMILES string of the molecule is Cc1c(C(=N)N)cnn1-c1ccc(Br)cc1. The van der Waals surface area contributed by atoms with E-state index >= 15 is 0 Å². The van der Waals surface area contributed by atoms with Crippen LogP contribution in [0.1, 0.15) is 11.3 Å². The Morgan fingerprint density at radius 2 is 2.00 bits per heavy atom. The molecule has 82 valence electrons. The molecule has 0 radical (unpaired) electrons. The molecule has 0 bridgehead atoms. The standard InChI is InChI=1S/C11H11BrN4/c1-7-10(11(13)14)6-15-16(7)9-4-2-8(12)3-5-9/h2-6H,1H3,(H3,13,14). The molecule has 4 nitrogen and oxygen atoms in total. The average molecular weight is 279 g/mol. The van der Waals surface area contributed by atoms with Crippen molar-refractivity contribution in [1.82, 2.24) is 9.78 Å². The van der Waals surface area contributed by atoms with Crippen molar-refractivity contribution in [3.05, 3.63) is 46.2 Å². The number of nitrogens with one attached hydrogen (secondary N) is 1. The summed E-state index contributed by atoms with van der Waals surface area (Å²) in [4.78, 5) is 0. The van der Waals surface area contributed by atoms with Crippen LogP contribution < -0.4 is 5.73 Å². The van der Waals surface area contributed by atoms with Crippen LogP contribution in [0, 0.1) is 12.3 Å². The van der Waals surface area contributed by atoms with Crippen LogP contribution in [-0.4, -0.2) is 15.6 Å². The fourth-order valence-electron chi connectivity index (χ4n) is 1.52. The molecule has 0 aliphatic rings. The Morgan fingerprint density at radius 3 is 2.50 bits per heavy atom. The van der Waals surface area contributed by atoms with Crippen LogP contribution in [0.25, 0.3) is 5.69 Å². The van der Waals surface area contributed by atoms with Gasteiger partial charge in [-0.15, -0.1) is 0 Å². The molecule has 0 spiro atoms. The molecule has 3 N–H and O–H groups in total. The summed E-state index contributed by atoms with van der Waals surface area (Å²) in [5.41, 5.74) is 7.94. The highest BCUT2D eigenvalue weighted by atomic mass is 79.9. The topological polar surface area (TPSA) is 67.7 Å². The van der Waals surface area contributed by atoms with Crippen molar-refractivity contribution >= 4 is 21.8 Å².